The van der Waals surface area contributed by atoms with E-state index in [1.54, 1.807) is 17.9 Å². The largest absolute Gasteiger partial charge is 0.504 e. The van der Waals surface area contributed by atoms with Crippen molar-refractivity contribution in [3.05, 3.63) is 74.4 Å². The maximum Gasteiger partial charge on any atom is 0.387 e. The minimum absolute atomic E-state index is 0.0701. The summed E-state index contributed by atoms with van der Waals surface area (Å²) in [5.74, 6) is -0.0356. The summed E-state index contributed by atoms with van der Waals surface area (Å²) in [6.45, 7) is 2.81. The monoisotopic (exact) mass is 656 g/mol. The van der Waals surface area contributed by atoms with Crippen LogP contribution in [0.2, 0.25) is 5.02 Å². The SMILES string of the molecule is CCc1c(N2CCN(C(=O)c3ncnc(C)c3O)CC2)c(=O)n2nc(C3=CCOCC3)nc2n1Cc1ccc(OC(F)F)cc1Cl. The molecule has 1 saturated heterocycles. The van der Waals surface area contributed by atoms with Crippen molar-refractivity contribution in [3.8, 4) is 11.5 Å². The van der Waals surface area contributed by atoms with Crippen LogP contribution >= 0.6 is 11.6 Å². The molecule has 1 aromatic carbocycles. The number of nitrogens with zero attached hydrogens (tertiary/aromatic N) is 8. The zero-order chi connectivity index (χ0) is 32.5. The first-order valence-electron chi connectivity index (χ1n) is 14.7. The van der Waals surface area contributed by atoms with Crippen LogP contribution in [0.25, 0.3) is 11.4 Å². The van der Waals surface area contributed by atoms with Gasteiger partial charge in [0.05, 0.1) is 31.1 Å². The van der Waals surface area contributed by atoms with Crippen LogP contribution in [0.1, 0.15) is 46.6 Å². The molecule has 0 spiro atoms. The molecule has 3 aromatic heterocycles. The number of aryl methyl sites for hydroxylation is 1. The number of aromatic hydroxyl groups is 1. The molecule has 0 radical (unpaired) electrons. The lowest BCUT2D eigenvalue weighted by molar-refractivity contribution is -0.0498. The number of alkyl halides is 2. The first-order valence-corrected chi connectivity index (χ1v) is 15.1. The third-order valence-electron chi connectivity index (χ3n) is 8.08. The fraction of sp³-hybridized carbons (Fsp3) is 0.400. The van der Waals surface area contributed by atoms with Crippen LogP contribution in [-0.4, -0.2) is 91.1 Å². The third kappa shape index (κ3) is 5.99. The summed E-state index contributed by atoms with van der Waals surface area (Å²) in [6.07, 6.45) is 4.16. The number of carbonyl (C=O) groups excluding carboxylic acids is 1. The van der Waals surface area contributed by atoms with E-state index in [0.29, 0.717) is 73.4 Å². The number of piperazine rings is 1. The summed E-state index contributed by atoms with van der Waals surface area (Å²) in [5, 5.41) is 15.2. The molecule has 1 fully saturated rings. The topological polar surface area (TPSA) is 140 Å². The lowest BCUT2D eigenvalue weighted by Gasteiger charge is -2.36. The summed E-state index contributed by atoms with van der Waals surface area (Å²) < 4.78 is 38.7. The van der Waals surface area contributed by atoms with Crippen LogP contribution in [-0.2, 0) is 17.7 Å². The second-order valence-corrected chi connectivity index (χ2v) is 11.2. The van der Waals surface area contributed by atoms with Crippen LogP contribution in [0.15, 0.2) is 35.4 Å². The maximum absolute atomic E-state index is 14.2. The van der Waals surface area contributed by atoms with Gasteiger partial charge in [0.2, 0.25) is 5.78 Å². The van der Waals surface area contributed by atoms with Gasteiger partial charge in [-0.1, -0.05) is 30.7 Å². The number of hydrogen-bond donors (Lipinski definition) is 1. The van der Waals surface area contributed by atoms with Gasteiger partial charge in [0, 0.05) is 31.2 Å². The van der Waals surface area contributed by atoms with Crippen LogP contribution in [0, 0.1) is 6.92 Å². The van der Waals surface area contributed by atoms with E-state index in [2.05, 4.69) is 19.8 Å². The predicted octanol–water partition coefficient (Wildman–Crippen LogP) is 3.33. The smallest absolute Gasteiger partial charge is 0.387 e. The Bertz CT molecular complexity index is 1890. The maximum atomic E-state index is 14.2. The predicted molar refractivity (Wildman–Crippen MR) is 164 cm³/mol. The van der Waals surface area contributed by atoms with E-state index in [1.807, 2.05) is 22.5 Å². The molecule has 4 aromatic rings. The number of benzene rings is 1. The van der Waals surface area contributed by atoms with E-state index < -0.39 is 12.5 Å². The Hall–Kier alpha value is -4.63. The Kier molecular flexibility index (Phi) is 8.86. The molecule has 13 nitrogen and oxygen atoms in total. The van der Waals surface area contributed by atoms with Gasteiger partial charge >= 0.3 is 6.61 Å². The first-order chi connectivity index (χ1) is 22.2. The number of ether oxygens (including phenoxy) is 2. The molecule has 46 heavy (non-hydrogen) atoms. The lowest BCUT2D eigenvalue weighted by Crippen LogP contribution is -2.51. The van der Waals surface area contributed by atoms with Gasteiger partial charge in [-0.2, -0.15) is 18.3 Å². The van der Waals surface area contributed by atoms with Gasteiger partial charge in [-0.15, -0.1) is 5.10 Å². The number of amides is 1. The van der Waals surface area contributed by atoms with Crippen molar-refractivity contribution in [2.24, 2.45) is 0 Å². The van der Waals surface area contributed by atoms with E-state index in [-0.39, 0.29) is 47.4 Å². The minimum Gasteiger partial charge on any atom is -0.504 e. The van der Waals surface area contributed by atoms with Crippen molar-refractivity contribution in [3.63, 3.8) is 0 Å². The fourth-order valence-corrected chi connectivity index (χ4v) is 5.93. The van der Waals surface area contributed by atoms with Crippen LogP contribution < -0.4 is 15.2 Å². The van der Waals surface area contributed by atoms with Crippen molar-refractivity contribution >= 4 is 34.5 Å². The number of rotatable bonds is 8. The highest BCUT2D eigenvalue weighted by Gasteiger charge is 2.30. The molecule has 2 aliphatic heterocycles. The molecular weight excluding hydrogens is 626 g/mol. The lowest BCUT2D eigenvalue weighted by atomic mass is 10.1. The van der Waals surface area contributed by atoms with Gasteiger partial charge in [-0.3, -0.25) is 9.59 Å². The second kappa shape index (κ2) is 13.0. The summed E-state index contributed by atoms with van der Waals surface area (Å²) in [4.78, 5) is 43.5. The number of hydrogen-bond acceptors (Lipinski definition) is 10. The summed E-state index contributed by atoms with van der Waals surface area (Å²) in [5.41, 5.74) is 2.42. The number of aromatic nitrogens is 6. The summed E-state index contributed by atoms with van der Waals surface area (Å²) in [6, 6.07) is 4.33. The molecule has 16 heteroatoms. The Morgan fingerprint density at radius 2 is 1.98 bits per heavy atom. The zero-order valence-electron chi connectivity index (χ0n) is 25.1. The highest BCUT2D eigenvalue weighted by molar-refractivity contribution is 6.31. The Balaban J connectivity index is 1.39. The van der Waals surface area contributed by atoms with E-state index in [0.717, 1.165) is 5.57 Å². The quantitative estimate of drug-likeness (QED) is 0.300. The van der Waals surface area contributed by atoms with E-state index in [1.165, 1.54) is 23.0 Å². The van der Waals surface area contributed by atoms with Gasteiger partial charge in [-0.05, 0) is 43.0 Å². The highest BCUT2D eigenvalue weighted by Crippen LogP contribution is 2.29. The first kappa shape index (κ1) is 31.4. The zero-order valence-corrected chi connectivity index (χ0v) is 25.9. The van der Waals surface area contributed by atoms with Gasteiger partial charge < -0.3 is 28.9 Å². The van der Waals surface area contributed by atoms with Crippen molar-refractivity contribution in [1.29, 1.82) is 0 Å². The van der Waals surface area contributed by atoms with Crippen molar-refractivity contribution in [2.45, 2.75) is 39.8 Å². The molecule has 5 heterocycles. The number of anilines is 1. The van der Waals surface area contributed by atoms with Gasteiger partial charge in [0.15, 0.2) is 17.3 Å². The Labute approximate surface area is 266 Å². The molecule has 0 unspecified atom stereocenters. The molecule has 6 rings (SSSR count). The second-order valence-electron chi connectivity index (χ2n) is 10.8. The van der Waals surface area contributed by atoms with E-state index >= 15 is 0 Å². The molecular formula is C30H31ClF2N8O5. The Morgan fingerprint density at radius 1 is 1.20 bits per heavy atom. The standard InChI is InChI=1S/C30H31ClF2N8O5/c1-3-22-24(38-8-10-39(11-9-38)27(43)23-25(42)17(2)34-16-35-23)28(44)41-30(36-26(37-41)18-6-12-45-13-7-18)40(22)15-19-4-5-20(14-21(19)31)46-29(32)33/h4-6,14,16,29,42H,3,7-13,15H2,1-2H3. The van der Waals surface area contributed by atoms with Gasteiger partial charge in [0.1, 0.15) is 17.8 Å². The normalized spacial score (nSPS) is 15.5. The number of carbonyl (C=O) groups is 1. The minimum atomic E-state index is -2.99. The average molecular weight is 657 g/mol. The highest BCUT2D eigenvalue weighted by atomic mass is 35.5. The molecule has 0 aliphatic carbocycles. The van der Waals surface area contributed by atoms with Crippen molar-refractivity contribution in [1.82, 2.24) is 34.0 Å². The van der Waals surface area contributed by atoms with Crippen LogP contribution in [0.5, 0.6) is 11.5 Å². The molecule has 0 saturated carbocycles. The summed E-state index contributed by atoms with van der Waals surface area (Å²) >= 11 is 6.53. The van der Waals surface area contributed by atoms with Crippen LogP contribution in [0.3, 0.4) is 0 Å². The van der Waals surface area contributed by atoms with E-state index in [9.17, 15) is 23.5 Å². The third-order valence-corrected chi connectivity index (χ3v) is 8.43. The van der Waals surface area contributed by atoms with Gasteiger partial charge in [-0.25, -0.2) is 9.97 Å². The molecule has 1 amide bonds. The molecule has 0 atom stereocenters. The van der Waals surface area contributed by atoms with E-state index in [4.69, 9.17) is 21.3 Å². The van der Waals surface area contributed by atoms with Crippen molar-refractivity contribution < 1.29 is 28.2 Å². The number of halogens is 3. The van der Waals surface area contributed by atoms with Crippen LogP contribution in [0.4, 0.5) is 14.5 Å². The number of fused-ring (bicyclic) bond motifs is 1. The van der Waals surface area contributed by atoms with Gasteiger partial charge in [0.25, 0.3) is 11.5 Å². The molecule has 242 valence electrons. The Morgan fingerprint density at radius 3 is 2.65 bits per heavy atom. The fourth-order valence-electron chi connectivity index (χ4n) is 5.70. The summed E-state index contributed by atoms with van der Waals surface area (Å²) in [7, 11) is 0. The van der Waals surface area contributed by atoms with Crippen molar-refractivity contribution in [2.75, 3.05) is 44.3 Å². The molecule has 2 aliphatic rings. The average Bonchev–Trinajstić information content (AvgIpc) is 3.51. The molecule has 0 bridgehead atoms. The molecule has 1 N–H and O–H groups in total.